The summed E-state index contributed by atoms with van der Waals surface area (Å²) in [5.41, 5.74) is 0.783. The minimum Gasteiger partial charge on any atom is -0.490 e. The number of ether oxygens (including phenoxy) is 1. The first kappa shape index (κ1) is 18.7. The Morgan fingerprint density at radius 1 is 1.12 bits per heavy atom. The molecular weight excluding hydrogens is 328 g/mol. The fourth-order valence-corrected chi connectivity index (χ4v) is 3.85. The number of likely N-dealkylation sites (tertiary alicyclic amines) is 1. The van der Waals surface area contributed by atoms with E-state index in [1.165, 1.54) is 12.8 Å². The van der Waals surface area contributed by atoms with Crippen LogP contribution < -0.4 is 10.1 Å². The predicted molar refractivity (Wildman–Crippen MR) is 102 cm³/mol. The molecule has 5 nitrogen and oxygen atoms in total. The lowest BCUT2D eigenvalue weighted by atomic mass is 9.96. The topological polar surface area (TPSA) is 58.6 Å². The molecule has 1 atom stereocenters. The van der Waals surface area contributed by atoms with Gasteiger partial charge in [0, 0.05) is 25.2 Å². The normalized spacial score (nSPS) is 20.8. The van der Waals surface area contributed by atoms with Gasteiger partial charge in [0.1, 0.15) is 5.75 Å². The third-order valence-electron chi connectivity index (χ3n) is 5.34. The van der Waals surface area contributed by atoms with Gasteiger partial charge in [-0.15, -0.1) is 0 Å². The number of nitrogens with zero attached hydrogens (tertiary/aromatic N) is 1. The molecule has 1 aliphatic heterocycles. The number of anilines is 1. The van der Waals surface area contributed by atoms with Crippen LogP contribution in [0.15, 0.2) is 24.3 Å². The van der Waals surface area contributed by atoms with Crippen molar-refractivity contribution >= 4 is 17.5 Å². The summed E-state index contributed by atoms with van der Waals surface area (Å²) in [6, 6.07) is 7.63. The van der Waals surface area contributed by atoms with E-state index >= 15 is 0 Å². The molecule has 1 aliphatic carbocycles. The second-order valence-corrected chi connectivity index (χ2v) is 7.47. The molecule has 142 valence electrons. The molecule has 0 radical (unpaired) electrons. The number of carbonyl (C=O) groups is 2. The molecule has 0 aromatic heterocycles. The van der Waals surface area contributed by atoms with Crippen LogP contribution in [0.4, 0.5) is 5.69 Å². The summed E-state index contributed by atoms with van der Waals surface area (Å²) in [6.45, 7) is 3.31. The highest BCUT2D eigenvalue weighted by molar-refractivity contribution is 5.93. The molecule has 2 fully saturated rings. The summed E-state index contributed by atoms with van der Waals surface area (Å²) in [4.78, 5) is 26.5. The standard InChI is InChI=1S/C21H30N2O3/c1-2-6-20(24)23-14-5-7-16(15-23)21(25)22-17-10-12-19(13-11-17)26-18-8-3-4-9-18/h10-13,16,18H,2-9,14-15H2,1H3,(H,22,25)/t16-/m1/s1. The summed E-state index contributed by atoms with van der Waals surface area (Å²) >= 11 is 0. The number of hydrogen-bond acceptors (Lipinski definition) is 3. The van der Waals surface area contributed by atoms with Gasteiger partial charge in [0.25, 0.3) is 0 Å². The molecular formula is C21H30N2O3. The van der Waals surface area contributed by atoms with Crippen molar-refractivity contribution < 1.29 is 14.3 Å². The number of hydrogen-bond donors (Lipinski definition) is 1. The van der Waals surface area contributed by atoms with Crippen LogP contribution in [0.1, 0.15) is 58.3 Å². The largest absolute Gasteiger partial charge is 0.490 e. The Bertz CT molecular complexity index is 608. The number of nitrogens with one attached hydrogen (secondary N) is 1. The molecule has 2 aliphatic rings. The molecule has 1 heterocycles. The Hall–Kier alpha value is -2.04. The van der Waals surface area contributed by atoms with Crippen LogP contribution in [0.5, 0.6) is 5.75 Å². The van der Waals surface area contributed by atoms with Crippen molar-refractivity contribution in [2.75, 3.05) is 18.4 Å². The Morgan fingerprint density at radius 2 is 1.85 bits per heavy atom. The van der Waals surface area contributed by atoms with E-state index in [-0.39, 0.29) is 17.7 Å². The molecule has 0 bridgehead atoms. The Kier molecular flexibility index (Phi) is 6.53. The first-order valence-electron chi connectivity index (χ1n) is 10.0. The van der Waals surface area contributed by atoms with Crippen LogP contribution >= 0.6 is 0 Å². The van der Waals surface area contributed by atoms with Crippen molar-refractivity contribution in [3.05, 3.63) is 24.3 Å². The molecule has 1 N–H and O–H groups in total. The van der Waals surface area contributed by atoms with Crippen molar-refractivity contribution in [2.24, 2.45) is 5.92 Å². The van der Waals surface area contributed by atoms with E-state index in [9.17, 15) is 9.59 Å². The Balaban J connectivity index is 1.51. The highest BCUT2D eigenvalue weighted by Gasteiger charge is 2.28. The zero-order chi connectivity index (χ0) is 18.4. The van der Waals surface area contributed by atoms with Crippen LogP contribution in [-0.2, 0) is 9.59 Å². The molecule has 1 saturated heterocycles. The van der Waals surface area contributed by atoms with E-state index in [2.05, 4.69) is 5.32 Å². The molecule has 3 rings (SSSR count). The van der Waals surface area contributed by atoms with Gasteiger partial charge in [-0.25, -0.2) is 0 Å². The van der Waals surface area contributed by atoms with E-state index < -0.39 is 0 Å². The molecule has 1 aromatic rings. The zero-order valence-electron chi connectivity index (χ0n) is 15.7. The van der Waals surface area contributed by atoms with Crippen LogP contribution in [0.2, 0.25) is 0 Å². The molecule has 0 spiro atoms. The maximum atomic E-state index is 12.6. The van der Waals surface area contributed by atoms with Gasteiger partial charge in [-0.05, 0) is 69.2 Å². The van der Waals surface area contributed by atoms with E-state index in [0.717, 1.165) is 50.1 Å². The van der Waals surface area contributed by atoms with Gasteiger partial charge in [-0.2, -0.15) is 0 Å². The maximum absolute atomic E-state index is 12.6. The van der Waals surface area contributed by atoms with Crippen LogP contribution in [0, 0.1) is 5.92 Å². The van der Waals surface area contributed by atoms with Gasteiger partial charge in [0.15, 0.2) is 0 Å². The number of carbonyl (C=O) groups excluding carboxylic acids is 2. The third-order valence-corrected chi connectivity index (χ3v) is 5.34. The van der Waals surface area contributed by atoms with E-state index in [1.54, 1.807) is 0 Å². The summed E-state index contributed by atoms with van der Waals surface area (Å²) in [5.74, 6) is 0.907. The zero-order valence-corrected chi connectivity index (χ0v) is 15.7. The summed E-state index contributed by atoms with van der Waals surface area (Å²) in [5, 5.41) is 2.99. The van der Waals surface area contributed by atoms with E-state index in [1.807, 2.05) is 36.1 Å². The number of rotatable bonds is 6. The predicted octanol–water partition coefficient (Wildman–Crippen LogP) is 3.99. The van der Waals surface area contributed by atoms with E-state index in [4.69, 9.17) is 4.74 Å². The molecule has 0 unspecified atom stereocenters. The first-order chi connectivity index (χ1) is 12.7. The second kappa shape index (κ2) is 9.06. The Labute approximate surface area is 156 Å². The van der Waals surface area contributed by atoms with Gasteiger partial charge < -0.3 is 15.0 Å². The summed E-state index contributed by atoms with van der Waals surface area (Å²) in [7, 11) is 0. The number of benzene rings is 1. The van der Waals surface area contributed by atoms with Crippen molar-refractivity contribution in [3.8, 4) is 5.75 Å². The minimum absolute atomic E-state index is 0.00320. The molecule has 1 saturated carbocycles. The molecule has 26 heavy (non-hydrogen) atoms. The maximum Gasteiger partial charge on any atom is 0.229 e. The smallest absolute Gasteiger partial charge is 0.229 e. The third kappa shape index (κ3) is 4.99. The average Bonchev–Trinajstić information content (AvgIpc) is 3.17. The second-order valence-electron chi connectivity index (χ2n) is 7.47. The van der Waals surface area contributed by atoms with Crippen molar-refractivity contribution in [1.29, 1.82) is 0 Å². The van der Waals surface area contributed by atoms with Crippen molar-refractivity contribution in [3.63, 3.8) is 0 Å². The van der Waals surface area contributed by atoms with Crippen molar-refractivity contribution in [1.82, 2.24) is 4.90 Å². The van der Waals surface area contributed by atoms with E-state index in [0.29, 0.717) is 19.1 Å². The molecule has 2 amide bonds. The first-order valence-corrected chi connectivity index (χ1v) is 10.0. The van der Waals surface area contributed by atoms with Gasteiger partial charge in [0.05, 0.1) is 12.0 Å². The Morgan fingerprint density at radius 3 is 2.54 bits per heavy atom. The highest BCUT2D eigenvalue weighted by atomic mass is 16.5. The number of amides is 2. The average molecular weight is 358 g/mol. The highest BCUT2D eigenvalue weighted by Crippen LogP contribution is 2.25. The SMILES string of the molecule is CCCC(=O)N1CCC[C@@H](C(=O)Nc2ccc(OC3CCCC3)cc2)C1. The van der Waals surface area contributed by atoms with Gasteiger partial charge >= 0.3 is 0 Å². The fourth-order valence-electron chi connectivity index (χ4n) is 3.85. The minimum atomic E-state index is -0.126. The lowest BCUT2D eigenvalue weighted by Gasteiger charge is -2.32. The fraction of sp³-hybridized carbons (Fsp3) is 0.619. The lowest BCUT2D eigenvalue weighted by molar-refractivity contribution is -0.134. The lowest BCUT2D eigenvalue weighted by Crippen LogP contribution is -2.43. The summed E-state index contributed by atoms with van der Waals surface area (Å²) in [6.07, 6.45) is 8.24. The van der Waals surface area contributed by atoms with Crippen molar-refractivity contribution in [2.45, 2.75) is 64.4 Å². The van der Waals surface area contributed by atoms with Gasteiger partial charge in [0.2, 0.25) is 11.8 Å². The molecule has 1 aromatic carbocycles. The monoisotopic (exact) mass is 358 g/mol. The number of piperidine rings is 1. The van der Waals surface area contributed by atoms with Crippen LogP contribution in [0.3, 0.4) is 0 Å². The quantitative estimate of drug-likeness (QED) is 0.837. The molecule has 5 heteroatoms. The van der Waals surface area contributed by atoms with Gasteiger partial charge in [-0.1, -0.05) is 6.92 Å². The van der Waals surface area contributed by atoms with Crippen LogP contribution in [-0.4, -0.2) is 35.9 Å². The summed E-state index contributed by atoms with van der Waals surface area (Å²) < 4.78 is 5.96. The van der Waals surface area contributed by atoms with Crippen LogP contribution in [0.25, 0.3) is 0 Å². The van der Waals surface area contributed by atoms with Gasteiger partial charge in [-0.3, -0.25) is 9.59 Å².